The molecule has 2 rings (SSSR count). The number of carbonyl (C=O) groups is 1. The monoisotopic (exact) mass is 311 g/mol. The van der Waals surface area contributed by atoms with Gasteiger partial charge in [0.25, 0.3) is 0 Å². The summed E-state index contributed by atoms with van der Waals surface area (Å²) in [5, 5.41) is 0. The zero-order valence-electron chi connectivity index (χ0n) is 12.4. The van der Waals surface area contributed by atoms with Gasteiger partial charge in [-0.2, -0.15) is 0 Å². The zero-order valence-corrected chi connectivity index (χ0v) is 13.2. The van der Waals surface area contributed by atoms with Crippen LogP contribution in [0.5, 0.6) is 0 Å². The third-order valence-corrected chi connectivity index (χ3v) is 4.66. The number of hydrogen-bond donors (Lipinski definition) is 0. The molecule has 0 aromatic heterocycles. The fraction of sp³-hybridized carbons (Fsp3) is 0.562. The molecule has 0 radical (unpaired) electrons. The number of nitrogens with zero attached hydrogens (tertiary/aromatic N) is 1. The van der Waals surface area contributed by atoms with Crippen LogP contribution in [-0.2, 0) is 9.53 Å². The predicted molar refractivity (Wildman–Crippen MR) is 82.9 cm³/mol. The Morgan fingerprint density at radius 3 is 3.05 bits per heavy atom. The molecule has 1 fully saturated rings. The van der Waals surface area contributed by atoms with Crippen molar-refractivity contribution in [2.75, 3.05) is 32.0 Å². The second-order valence-electron chi connectivity index (χ2n) is 5.17. The Kier molecular flexibility index (Phi) is 6.51. The summed E-state index contributed by atoms with van der Waals surface area (Å²) in [5.74, 6) is 0.586. The fourth-order valence-electron chi connectivity index (χ4n) is 2.56. The van der Waals surface area contributed by atoms with Crippen LogP contribution in [0, 0.1) is 11.7 Å². The minimum Gasteiger partial charge on any atom is -0.466 e. The largest absolute Gasteiger partial charge is 0.466 e. The summed E-state index contributed by atoms with van der Waals surface area (Å²) in [5.41, 5.74) is 0. The molecule has 0 amide bonds. The lowest BCUT2D eigenvalue weighted by atomic mass is 9.98. The molecule has 1 aromatic rings. The molecule has 1 saturated heterocycles. The maximum Gasteiger partial charge on any atom is 0.310 e. The van der Waals surface area contributed by atoms with Crippen molar-refractivity contribution in [3.8, 4) is 0 Å². The summed E-state index contributed by atoms with van der Waals surface area (Å²) in [6, 6.07) is 6.84. The van der Waals surface area contributed by atoms with Crippen LogP contribution in [0.2, 0.25) is 0 Å². The lowest BCUT2D eigenvalue weighted by molar-refractivity contribution is -0.149. The third kappa shape index (κ3) is 5.00. The van der Waals surface area contributed by atoms with E-state index in [0.717, 1.165) is 38.2 Å². The van der Waals surface area contributed by atoms with Gasteiger partial charge in [-0.3, -0.25) is 4.79 Å². The molecule has 0 saturated carbocycles. The number of rotatable bonds is 6. The Bertz CT molecular complexity index is 469. The topological polar surface area (TPSA) is 29.5 Å². The van der Waals surface area contributed by atoms with Crippen molar-refractivity contribution in [3.05, 3.63) is 30.1 Å². The van der Waals surface area contributed by atoms with Gasteiger partial charge in [0.2, 0.25) is 0 Å². The van der Waals surface area contributed by atoms with E-state index in [2.05, 4.69) is 4.90 Å². The van der Waals surface area contributed by atoms with Gasteiger partial charge >= 0.3 is 5.97 Å². The van der Waals surface area contributed by atoms with Crippen molar-refractivity contribution < 1.29 is 13.9 Å². The van der Waals surface area contributed by atoms with Gasteiger partial charge in [-0.05, 0) is 38.4 Å². The molecule has 1 aliphatic heterocycles. The van der Waals surface area contributed by atoms with Gasteiger partial charge in [-0.1, -0.05) is 12.1 Å². The first-order valence-electron chi connectivity index (χ1n) is 7.47. The summed E-state index contributed by atoms with van der Waals surface area (Å²) in [4.78, 5) is 14.7. The van der Waals surface area contributed by atoms with Gasteiger partial charge in [-0.25, -0.2) is 4.39 Å². The van der Waals surface area contributed by atoms with Gasteiger partial charge in [0, 0.05) is 23.7 Å². The number of esters is 1. The third-order valence-electron chi connectivity index (χ3n) is 3.63. The normalized spacial score (nSPS) is 19.4. The summed E-state index contributed by atoms with van der Waals surface area (Å²) in [7, 11) is 0. The minimum atomic E-state index is -0.162. The molecule has 1 unspecified atom stereocenters. The van der Waals surface area contributed by atoms with Crippen LogP contribution in [0.25, 0.3) is 0 Å². The van der Waals surface area contributed by atoms with Crippen molar-refractivity contribution in [3.63, 3.8) is 0 Å². The van der Waals surface area contributed by atoms with Gasteiger partial charge in [0.1, 0.15) is 5.82 Å². The first kappa shape index (κ1) is 16.3. The van der Waals surface area contributed by atoms with E-state index < -0.39 is 0 Å². The molecule has 1 atom stereocenters. The van der Waals surface area contributed by atoms with Crippen molar-refractivity contribution >= 4 is 17.7 Å². The number of piperidine rings is 1. The molecule has 0 spiro atoms. The SMILES string of the molecule is CCOC(=O)C1CCCN(CCSc2ccccc2F)C1. The second kappa shape index (κ2) is 8.39. The smallest absolute Gasteiger partial charge is 0.310 e. The number of hydrogen-bond acceptors (Lipinski definition) is 4. The Balaban J connectivity index is 1.75. The maximum atomic E-state index is 13.5. The number of carbonyl (C=O) groups excluding carboxylic acids is 1. The molecule has 3 nitrogen and oxygen atoms in total. The van der Waals surface area contributed by atoms with Crippen LogP contribution < -0.4 is 0 Å². The van der Waals surface area contributed by atoms with Crippen molar-refractivity contribution in [2.45, 2.75) is 24.7 Å². The molecule has 0 N–H and O–H groups in total. The van der Waals surface area contributed by atoms with Crippen molar-refractivity contribution in [1.82, 2.24) is 4.90 Å². The Labute approximate surface area is 129 Å². The molecule has 5 heteroatoms. The average molecular weight is 311 g/mol. The lowest BCUT2D eigenvalue weighted by Crippen LogP contribution is -2.40. The Hall–Kier alpha value is -1.07. The van der Waals surface area contributed by atoms with E-state index in [1.54, 1.807) is 12.1 Å². The number of likely N-dealkylation sites (tertiary alicyclic amines) is 1. The van der Waals surface area contributed by atoms with Crippen LogP contribution in [0.3, 0.4) is 0 Å². The first-order chi connectivity index (χ1) is 10.2. The Morgan fingerprint density at radius 2 is 2.29 bits per heavy atom. The molecule has 116 valence electrons. The van der Waals surface area contributed by atoms with E-state index in [9.17, 15) is 9.18 Å². The minimum absolute atomic E-state index is 0.00263. The highest BCUT2D eigenvalue weighted by atomic mass is 32.2. The van der Waals surface area contributed by atoms with Crippen LogP contribution in [-0.4, -0.2) is 42.9 Å². The second-order valence-corrected chi connectivity index (χ2v) is 6.31. The molecule has 1 aromatic carbocycles. The number of benzene rings is 1. The van der Waals surface area contributed by atoms with E-state index in [-0.39, 0.29) is 17.7 Å². The van der Waals surface area contributed by atoms with E-state index in [1.807, 2.05) is 13.0 Å². The molecule has 0 bridgehead atoms. The zero-order chi connectivity index (χ0) is 15.1. The number of halogens is 1. The maximum absolute atomic E-state index is 13.5. The standard InChI is InChI=1S/C16H22FNO2S/c1-2-20-16(19)13-6-5-9-18(12-13)10-11-21-15-8-4-3-7-14(15)17/h3-4,7-8,13H,2,5-6,9-12H2,1H3. The van der Waals surface area contributed by atoms with Gasteiger partial charge in [0.05, 0.1) is 12.5 Å². The molecule has 1 aliphatic rings. The summed E-state index contributed by atoms with van der Waals surface area (Å²) in [6.45, 7) is 4.92. The van der Waals surface area contributed by atoms with Crippen LogP contribution in [0.15, 0.2) is 29.2 Å². The highest BCUT2D eigenvalue weighted by Crippen LogP contribution is 2.23. The molecular formula is C16H22FNO2S. The van der Waals surface area contributed by atoms with E-state index >= 15 is 0 Å². The highest BCUT2D eigenvalue weighted by Gasteiger charge is 2.26. The molecule has 1 heterocycles. The Morgan fingerprint density at radius 1 is 1.48 bits per heavy atom. The fourth-order valence-corrected chi connectivity index (χ4v) is 3.51. The van der Waals surface area contributed by atoms with Crippen LogP contribution >= 0.6 is 11.8 Å². The quantitative estimate of drug-likeness (QED) is 0.596. The van der Waals surface area contributed by atoms with Gasteiger partial charge in [0.15, 0.2) is 0 Å². The molecular weight excluding hydrogens is 289 g/mol. The molecule has 0 aliphatic carbocycles. The van der Waals surface area contributed by atoms with E-state index in [1.165, 1.54) is 17.8 Å². The summed E-state index contributed by atoms with van der Waals surface area (Å²) >= 11 is 1.53. The summed E-state index contributed by atoms with van der Waals surface area (Å²) < 4.78 is 18.6. The van der Waals surface area contributed by atoms with Crippen LogP contribution in [0.4, 0.5) is 4.39 Å². The predicted octanol–water partition coefficient (Wildman–Crippen LogP) is 3.19. The number of thioether (sulfide) groups is 1. The van der Waals surface area contributed by atoms with Crippen molar-refractivity contribution in [1.29, 1.82) is 0 Å². The van der Waals surface area contributed by atoms with E-state index in [0.29, 0.717) is 11.5 Å². The van der Waals surface area contributed by atoms with E-state index in [4.69, 9.17) is 4.74 Å². The van der Waals surface area contributed by atoms with Crippen molar-refractivity contribution in [2.24, 2.45) is 5.92 Å². The summed E-state index contributed by atoms with van der Waals surface area (Å²) in [6.07, 6.45) is 1.93. The number of ether oxygens (including phenoxy) is 1. The lowest BCUT2D eigenvalue weighted by Gasteiger charge is -2.31. The van der Waals surface area contributed by atoms with Gasteiger partial charge < -0.3 is 9.64 Å². The van der Waals surface area contributed by atoms with Gasteiger partial charge in [-0.15, -0.1) is 11.8 Å². The van der Waals surface area contributed by atoms with Crippen LogP contribution in [0.1, 0.15) is 19.8 Å². The molecule has 21 heavy (non-hydrogen) atoms. The highest BCUT2D eigenvalue weighted by molar-refractivity contribution is 7.99. The first-order valence-corrected chi connectivity index (χ1v) is 8.45. The average Bonchev–Trinajstić information content (AvgIpc) is 2.50.